The molecule has 0 heterocycles. The van der Waals surface area contributed by atoms with Crippen LogP contribution in [-0.2, 0) is 0 Å². The summed E-state index contributed by atoms with van der Waals surface area (Å²) in [7, 11) is 0. The molecule has 14 heavy (non-hydrogen) atoms. The number of aliphatic hydroxyl groups is 1. The van der Waals surface area contributed by atoms with Gasteiger partial charge in [-0.25, -0.2) is 0 Å². The van der Waals surface area contributed by atoms with E-state index in [-0.39, 0.29) is 12.0 Å². The van der Waals surface area contributed by atoms with Gasteiger partial charge in [0.25, 0.3) is 0 Å². The molecule has 76 valence electrons. The van der Waals surface area contributed by atoms with Crippen molar-refractivity contribution >= 4 is 11.4 Å². The highest BCUT2D eigenvalue weighted by Gasteiger charge is 2.41. The summed E-state index contributed by atoms with van der Waals surface area (Å²) in [6, 6.07) is 7.69. The lowest BCUT2D eigenvalue weighted by Gasteiger charge is -2.13. The average molecular weight is 192 g/mol. The summed E-state index contributed by atoms with van der Waals surface area (Å²) in [5.74, 6) is 0. The van der Waals surface area contributed by atoms with Gasteiger partial charge >= 0.3 is 0 Å². The zero-order chi connectivity index (χ0) is 10.0. The summed E-state index contributed by atoms with van der Waals surface area (Å²) in [6.45, 7) is 1.12. The van der Waals surface area contributed by atoms with Gasteiger partial charge in [0.1, 0.15) is 0 Å². The largest absolute Gasteiger partial charge is 0.399 e. The van der Waals surface area contributed by atoms with Gasteiger partial charge in [0.05, 0.1) is 6.61 Å². The van der Waals surface area contributed by atoms with Crippen LogP contribution >= 0.6 is 0 Å². The van der Waals surface area contributed by atoms with Crippen LogP contribution in [0.3, 0.4) is 0 Å². The molecule has 0 unspecified atom stereocenters. The fourth-order valence-electron chi connectivity index (χ4n) is 1.51. The minimum absolute atomic E-state index is 0.143. The Bertz CT molecular complexity index is 321. The smallest absolute Gasteiger partial charge is 0.0504 e. The summed E-state index contributed by atoms with van der Waals surface area (Å²) < 4.78 is 0. The summed E-state index contributed by atoms with van der Waals surface area (Å²) in [6.07, 6.45) is 2.25. The van der Waals surface area contributed by atoms with E-state index in [0.717, 1.165) is 30.8 Å². The topological polar surface area (TPSA) is 58.3 Å². The molecule has 1 aromatic carbocycles. The van der Waals surface area contributed by atoms with Crippen LogP contribution in [0, 0.1) is 5.41 Å². The van der Waals surface area contributed by atoms with Crippen molar-refractivity contribution in [2.24, 2.45) is 5.41 Å². The number of nitrogens with two attached hydrogens (primary N) is 1. The molecule has 3 nitrogen and oxygen atoms in total. The van der Waals surface area contributed by atoms with Crippen molar-refractivity contribution in [1.82, 2.24) is 0 Å². The van der Waals surface area contributed by atoms with E-state index in [1.807, 2.05) is 24.3 Å². The number of nitrogen functional groups attached to an aromatic ring is 1. The fraction of sp³-hybridized carbons (Fsp3) is 0.455. The first-order chi connectivity index (χ1) is 6.74. The lowest BCUT2D eigenvalue weighted by atomic mass is 10.1. The third-order valence-electron chi connectivity index (χ3n) is 2.85. The minimum atomic E-state index is 0.143. The lowest BCUT2D eigenvalue weighted by Crippen LogP contribution is -2.18. The van der Waals surface area contributed by atoms with Crippen LogP contribution in [0.1, 0.15) is 12.8 Å². The molecule has 1 saturated carbocycles. The van der Waals surface area contributed by atoms with E-state index >= 15 is 0 Å². The van der Waals surface area contributed by atoms with E-state index < -0.39 is 0 Å². The summed E-state index contributed by atoms with van der Waals surface area (Å²) >= 11 is 0. The van der Waals surface area contributed by atoms with Gasteiger partial charge in [-0.15, -0.1) is 0 Å². The molecule has 3 heteroatoms. The molecule has 0 radical (unpaired) electrons. The Morgan fingerprint density at radius 1 is 1.43 bits per heavy atom. The molecule has 1 aliphatic rings. The van der Waals surface area contributed by atoms with Crippen molar-refractivity contribution in [2.75, 3.05) is 24.2 Å². The van der Waals surface area contributed by atoms with Crippen LogP contribution in [0.4, 0.5) is 11.4 Å². The average Bonchev–Trinajstić information content (AvgIpc) is 2.96. The Hall–Kier alpha value is -1.22. The van der Waals surface area contributed by atoms with Crippen LogP contribution < -0.4 is 11.1 Å². The zero-order valence-corrected chi connectivity index (χ0v) is 8.16. The predicted molar refractivity (Wildman–Crippen MR) is 58.1 cm³/mol. The number of benzene rings is 1. The molecule has 0 atom stereocenters. The van der Waals surface area contributed by atoms with E-state index in [4.69, 9.17) is 10.8 Å². The minimum Gasteiger partial charge on any atom is -0.399 e. The standard InChI is InChI=1S/C11H16N2O/c12-9-2-1-3-10(6-9)13-7-11(8-14)4-5-11/h1-3,6,13-14H,4-5,7-8,12H2. The third kappa shape index (κ3) is 1.99. The van der Waals surface area contributed by atoms with Gasteiger partial charge in [-0.05, 0) is 31.0 Å². The predicted octanol–water partition coefficient (Wildman–Crippen LogP) is 1.45. The molecule has 0 saturated heterocycles. The summed E-state index contributed by atoms with van der Waals surface area (Å²) in [4.78, 5) is 0. The SMILES string of the molecule is Nc1cccc(NCC2(CO)CC2)c1. The van der Waals surface area contributed by atoms with Crippen molar-refractivity contribution in [3.05, 3.63) is 24.3 Å². The van der Waals surface area contributed by atoms with Crippen LogP contribution in [0.25, 0.3) is 0 Å². The Kier molecular flexibility index (Phi) is 2.33. The van der Waals surface area contributed by atoms with Gasteiger partial charge < -0.3 is 16.2 Å². The first-order valence-corrected chi connectivity index (χ1v) is 4.94. The maximum Gasteiger partial charge on any atom is 0.0504 e. The molecule has 0 spiro atoms. The van der Waals surface area contributed by atoms with E-state index in [2.05, 4.69) is 5.32 Å². The van der Waals surface area contributed by atoms with Gasteiger partial charge in [-0.2, -0.15) is 0 Å². The van der Waals surface area contributed by atoms with E-state index in [0.29, 0.717) is 0 Å². The molecule has 2 rings (SSSR count). The number of aliphatic hydroxyl groups excluding tert-OH is 1. The highest BCUT2D eigenvalue weighted by atomic mass is 16.3. The van der Waals surface area contributed by atoms with Crippen molar-refractivity contribution in [2.45, 2.75) is 12.8 Å². The normalized spacial score (nSPS) is 17.8. The van der Waals surface area contributed by atoms with E-state index in [1.54, 1.807) is 0 Å². The lowest BCUT2D eigenvalue weighted by molar-refractivity contribution is 0.220. The van der Waals surface area contributed by atoms with Crippen molar-refractivity contribution < 1.29 is 5.11 Å². The molecule has 1 fully saturated rings. The maximum absolute atomic E-state index is 9.12. The molecule has 0 aliphatic heterocycles. The second kappa shape index (κ2) is 3.50. The number of rotatable bonds is 4. The van der Waals surface area contributed by atoms with Gasteiger partial charge in [0.15, 0.2) is 0 Å². The molecule has 0 bridgehead atoms. The second-order valence-corrected chi connectivity index (χ2v) is 4.14. The van der Waals surface area contributed by atoms with Crippen molar-refractivity contribution in [3.63, 3.8) is 0 Å². The Labute approximate surface area is 83.9 Å². The van der Waals surface area contributed by atoms with Gasteiger partial charge in [0, 0.05) is 23.3 Å². The highest BCUT2D eigenvalue weighted by Crippen LogP contribution is 2.44. The van der Waals surface area contributed by atoms with Gasteiger partial charge in [-0.1, -0.05) is 6.07 Å². The second-order valence-electron chi connectivity index (χ2n) is 4.14. The molecular weight excluding hydrogens is 176 g/mol. The van der Waals surface area contributed by atoms with Gasteiger partial charge in [-0.3, -0.25) is 0 Å². The Morgan fingerprint density at radius 2 is 2.21 bits per heavy atom. The van der Waals surface area contributed by atoms with Crippen LogP contribution in [0.2, 0.25) is 0 Å². The molecule has 4 N–H and O–H groups in total. The summed E-state index contributed by atoms with van der Waals surface area (Å²) in [5, 5.41) is 12.4. The maximum atomic E-state index is 9.12. The molecule has 0 aromatic heterocycles. The Morgan fingerprint density at radius 3 is 2.79 bits per heavy atom. The number of anilines is 2. The van der Waals surface area contributed by atoms with Crippen LogP contribution in [0.5, 0.6) is 0 Å². The molecule has 1 aromatic rings. The van der Waals surface area contributed by atoms with Crippen molar-refractivity contribution in [3.8, 4) is 0 Å². The fourth-order valence-corrected chi connectivity index (χ4v) is 1.51. The van der Waals surface area contributed by atoms with Crippen LogP contribution in [-0.4, -0.2) is 18.3 Å². The number of nitrogens with one attached hydrogen (secondary N) is 1. The summed E-state index contributed by atoms with van der Waals surface area (Å²) in [5.41, 5.74) is 7.60. The molecule has 1 aliphatic carbocycles. The molecular formula is C11H16N2O. The van der Waals surface area contributed by atoms with E-state index in [9.17, 15) is 0 Å². The van der Waals surface area contributed by atoms with Crippen LogP contribution in [0.15, 0.2) is 24.3 Å². The van der Waals surface area contributed by atoms with Gasteiger partial charge in [0.2, 0.25) is 0 Å². The highest BCUT2D eigenvalue weighted by molar-refractivity contribution is 5.54. The Balaban J connectivity index is 1.92. The first kappa shape index (κ1) is 9.34. The number of hydrogen-bond acceptors (Lipinski definition) is 3. The zero-order valence-electron chi connectivity index (χ0n) is 8.16. The monoisotopic (exact) mass is 192 g/mol. The number of hydrogen-bond donors (Lipinski definition) is 3. The first-order valence-electron chi connectivity index (χ1n) is 4.94. The van der Waals surface area contributed by atoms with Crippen molar-refractivity contribution in [1.29, 1.82) is 0 Å². The molecule has 0 amide bonds. The quantitative estimate of drug-likeness (QED) is 0.633. The van der Waals surface area contributed by atoms with E-state index in [1.165, 1.54) is 0 Å². The third-order valence-corrected chi connectivity index (χ3v) is 2.85.